The van der Waals surface area contributed by atoms with Crippen LogP contribution < -0.4 is 0 Å². The predicted molar refractivity (Wildman–Crippen MR) is 53.6 cm³/mol. The lowest BCUT2D eigenvalue weighted by Crippen LogP contribution is -2.53. The largest absolute Gasteiger partial charge is 0.337 e. The molecule has 0 saturated carbocycles. The van der Waals surface area contributed by atoms with Gasteiger partial charge in [-0.1, -0.05) is 6.58 Å². The summed E-state index contributed by atoms with van der Waals surface area (Å²) in [6.45, 7) is 8.76. The molecule has 78 valence electrons. The first-order valence-corrected chi connectivity index (χ1v) is 4.77. The van der Waals surface area contributed by atoms with E-state index in [1.807, 2.05) is 13.8 Å². The Bertz CT molecular complexity index is 261. The molecular formula is C10H16N2O2. The van der Waals surface area contributed by atoms with E-state index in [2.05, 4.69) is 6.58 Å². The highest BCUT2D eigenvalue weighted by Gasteiger charge is 2.26. The third-order valence-corrected chi connectivity index (χ3v) is 2.37. The van der Waals surface area contributed by atoms with Crippen LogP contribution >= 0.6 is 0 Å². The van der Waals surface area contributed by atoms with Crippen molar-refractivity contribution < 1.29 is 9.59 Å². The molecule has 1 fully saturated rings. The first-order valence-electron chi connectivity index (χ1n) is 4.77. The highest BCUT2D eigenvalue weighted by atomic mass is 16.2. The Balaban J connectivity index is 2.59. The summed E-state index contributed by atoms with van der Waals surface area (Å²) in [6, 6.07) is 0.212. The Kier molecular flexibility index (Phi) is 3.28. The van der Waals surface area contributed by atoms with Crippen molar-refractivity contribution in [1.29, 1.82) is 0 Å². The molecule has 1 aliphatic heterocycles. The van der Waals surface area contributed by atoms with Gasteiger partial charge in [-0.05, 0) is 19.9 Å². The molecule has 0 unspecified atom stereocenters. The molecular weight excluding hydrogens is 180 g/mol. The van der Waals surface area contributed by atoms with Gasteiger partial charge in [-0.2, -0.15) is 0 Å². The normalized spacial score (nSPS) is 17.5. The van der Waals surface area contributed by atoms with Crippen LogP contribution in [0.1, 0.15) is 13.8 Å². The molecule has 4 heteroatoms. The van der Waals surface area contributed by atoms with Gasteiger partial charge in [-0.25, -0.2) is 0 Å². The summed E-state index contributed by atoms with van der Waals surface area (Å²) in [5.41, 5.74) is 0. The Morgan fingerprint density at radius 1 is 1.50 bits per heavy atom. The summed E-state index contributed by atoms with van der Waals surface area (Å²) >= 11 is 0. The van der Waals surface area contributed by atoms with Gasteiger partial charge in [0, 0.05) is 19.1 Å². The molecule has 1 heterocycles. The summed E-state index contributed by atoms with van der Waals surface area (Å²) in [5.74, 6) is -0.150. The maximum atomic E-state index is 11.6. The van der Waals surface area contributed by atoms with Crippen LogP contribution in [0.3, 0.4) is 0 Å². The number of hydrogen-bond acceptors (Lipinski definition) is 2. The van der Waals surface area contributed by atoms with Crippen molar-refractivity contribution in [2.75, 3.05) is 19.6 Å². The zero-order chi connectivity index (χ0) is 10.7. The van der Waals surface area contributed by atoms with Gasteiger partial charge in [-0.15, -0.1) is 0 Å². The molecule has 1 aliphatic rings. The van der Waals surface area contributed by atoms with Crippen molar-refractivity contribution in [2.45, 2.75) is 19.9 Å². The minimum Gasteiger partial charge on any atom is -0.337 e. The second kappa shape index (κ2) is 4.26. The number of rotatable bonds is 2. The Labute approximate surface area is 84.2 Å². The molecule has 0 aromatic heterocycles. The molecule has 0 atom stereocenters. The van der Waals surface area contributed by atoms with E-state index in [0.29, 0.717) is 13.1 Å². The molecule has 4 nitrogen and oxygen atoms in total. The van der Waals surface area contributed by atoms with E-state index in [-0.39, 0.29) is 24.4 Å². The molecule has 0 spiro atoms. The van der Waals surface area contributed by atoms with Crippen LogP contribution in [0.25, 0.3) is 0 Å². The monoisotopic (exact) mass is 196 g/mol. The third kappa shape index (κ3) is 2.13. The summed E-state index contributed by atoms with van der Waals surface area (Å²) in [6.07, 6.45) is 1.25. The molecule has 1 saturated heterocycles. The molecule has 1 rings (SSSR count). The lowest BCUT2D eigenvalue weighted by atomic mass is 10.2. The second-order valence-electron chi connectivity index (χ2n) is 3.64. The number of amides is 2. The molecule has 0 N–H and O–H groups in total. The number of carbonyl (C=O) groups is 2. The van der Waals surface area contributed by atoms with Crippen LogP contribution in [0.2, 0.25) is 0 Å². The van der Waals surface area contributed by atoms with Crippen molar-refractivity contribution in [1.82, 2.24) is 9.80 Å². The topological polar surface area (TPSA) is 40.6 Å². The first-order chi connectivity index (χ1) is 6.56. The van der Waals surface area contributed by atoms with Crippen molar-refractivity contribution in [3.63, 3.8) is 0 Å². The number of hydrogen-bond donors (Lipinski definition) is 0. The zero-order valence-electron chi connectivity index (χ0n) is 8.69. The lowest BCUT2D eigenvalue weighted by molar-refractivity contribution is -0.144. The quantitative estimate of drug-likeness (QED) is 0.594. The van der Waals surface area contributed by atoms with Gasteiger partial charge >= 0.3 is 0 Å². The Hall–Kier alpha value is -1.32. The van der Waals surface area contributed by atoms with E-state index < -0.39 is 0 Å². The molecule has 0 aromatic rings. The van der Waals surface area contributed by atoms with Crippen molar-refractivity contribution in [2.24, 2.45) is 0 Å². The van der Waals surface area contributed by atoms with Gasteiger partial charge in [0.15, 0.2) is 0 Å². The minimum atomic E-state index is -0.165. The van der Waals surface area contributed by atoms with Crippen molar-refractivity contribution in [3.05, 3.63) is 12.7 Å². The van der Waals surface area contributed by atoms with Gasteiger partial charge in [0.25, 0.3) is 0 Å². The molecule has 0 aliphatic carbocycles. The molecule has 0 radical (unpaired) electrons. The molecule has 2 amide bonds. The smallest absolute Gasteiger partial charge is 0.246 e. The van der Waals surface area contributed by atoms with Gasteiger partial charge in [-0.3, -0.25) is 9.59 Å². The number of nitrogens with zero attached hydrogens (tertiary/aromatic N) is 2. The van der Waals surface area contributed by atoms with Gasteiger partial charge < -0.3 is 9.80 Å². The van der Waals surface area contributed by atoms with Crippen molar-refractivity contribution in [3.8, 4) is 0 Å². The van der Waals surface area contributed by atoms with Crippen LogP contribution in [-0.2, 0) is 9.59 Å². The zero-order valence-corrected chi connectivity index (χ0v) is 8.69. The fourth-order valence-electron chi connectivity index (χ4n) is 1.55. The Morgan fingerprint density at radius 2 is 2.14 bits per heavy atom. The highest BCUT2D eigenvalue weighted by Crippen LogP contribution is 2.07. The summed E-state index contributed by atoms with van der Waals surface area (Å²) < 4.78 is 0. The average molecular weight is 196 g/mol. The van der Waals surface area contributed by atoms with Crippen LogP contribution in [0.4, 0.5) is 0 Å². The van der Waals surface area contributed by atoms with E-state index in [9.17, 15) is 9.59 Å². The summed E-state index contributed by atoms with van der Waals surface area (Å²) in [5, 5.41) is 0. The van der Waals surface area contributed by atoms with Crippen LogP contribution in [0.5, 0.6) is 0 Å². The SMILES string of the molecule is C=CC(=O)N1CCN(C(C)C)C(=O)C1. The second-order valence-corrected chi connectivity index (χ2v) is 3.64. The maximum absolute atomic E-state index is 11.6. The van der Waals surface area contributed by atoms with E-state index in [1.165, 1.54) is 11.0 Å². The summed E-state index contributed by atoms with van der Waals surface area (Å²) in [4.78, 5) is 26.1. The maximum Gasteiger partial charge on any atom is 0.246 e. The van der Waals surface area contributed by atoms with Crippen LogP contribution in [0, 0.1) is 0 Å². The predicted octanol–water partition coefficient (Wildman–Crippen LogP) is 0.252. The molecule has 0 bridgehead atoms. The third-order valence-electron chi connectivity index (χ3n) is 2.37. The van der Waals surface area contributed by atoms with Gasteiger partial charge in [0.05, 0.1) is 0 Å². The highest BCUT2D eigenvalue weighted by molar-refractivity contribution is 5.91. The van der Waals surface area contributed by atoms with E-state index >= 15 is 0 Å². The van der Waals surface area contributed by atoms with E-state index in [0.717, 1.165) is 0 Å². The van der Waals surface area contributed by atoms with Crippen LogP contribution in [-0.4, -0.2) is 47.3 Å². The van der Waals surface area contributed by atoms with E-state index in [4.69, 9.17) is 0 Å². The van der Waals surface area contributed by atoms with Gasteiger partial charge in [0.2, 0.25) is 11.8 Å². The molecule has 14 heavy (non-hydrogen) atoms. The van der Waals surface area contributed by atoms with E-state index in [1.54, 1.807) is 4.90 Å². The first kappa shape index (κ1) is 10.8. The summed E-state index contributed by atoms with van der Waals surface area (Å²) in [7, 11) is 0. The standard InChI is InChI=1S/C10H16N2O2/c1-4-9(13)11-5-6-12(8(2)3)10(14)7-11/h4,8H,1,5-7H2,2-3H3. The van der Waals surface area contributed by atoms with Gasteiger partial charge in [0.1, 0.15) is 6.54 Å². The average Bonchev–Trinajstić information content (AvgIpc) is 2.15. The Morgan fingerprint density at radius 3 is 2.57 bits per heavy atom. The molecule has 0 aromatic carbocycles. The fourth-order valence-corrected chi connectivity index (χ4v) is 1.55. The van der Waals surface area contributed by atoms with Crippen LogP contribution in [0.15, 0.2) is 12.7 Å². The number of piperazine rings is 1. The fraction of sp³-hybridized carbons (Fsp3) is 0.600. The lowest BCUT2D eigenvalue weighted by Gasteiger charge is -2.36. The number of carbonyl (C=O) groups excluding carboxylic acids is 2. The van der Waals surface area contributed by atoms with Crippen molar-refractivity contribution >= 4 is 11.8 Å². The minimum absolute atomic E-state index is 0.0152.